The lowest BCUT2D eigenvalue weighted by Gasteiger charge is -2.21. The Morgan fingerprint density at radius 3 is 2.42 bits per heavy atom. The Morgan fingerprint density at radius 2 is 1.88 bits per heavy atom. The zero-order valence-electron chi connectivity index (χ0n) is 14.1. The first-order valence-corrected chi connectivity index (χ1v) is 7.92. The number of amides is 1. The molecule has 1 aliphatic heterocycles. The first-order valence-electron chi connectivity index (χ1n) is 7.92. The summed E-state index contributed by atoms with van der Waals surface area (Å²) < 4.78 is 43.0. The monoisotopic (exact) mass is 344 g/mol. The van der Waals surface area contributed by atoms with Gasteiger partial charge in [0.05, 0.1) is 12.2 Å². The number of ether oxygens (including phenoxy) is 1. The van der Waals surface area contributed by atoms with Gasteiger partial charge in [-0.2, -0.15) is 13.2 Å². The van der Waals surface area contributed by atoms with Gasteiger partial charge in [-0.25, -0.2) is 4.79 Å². The number of alkyl carbamates (subject to hydrolysis) is 1. The molecule has 24 heavy (non-hydrogen) atoms. The number of halogens is 3. The third-order valence-electron chi connectivity index (χ3n) is 3.77. The molecule has 4 nitrogen and oxygen atoms in total. The standard InChI is InChI=1S/C17H23F3N2O2/c1-16(2,3)21-15(23)24-11-12-8-9-22(10-12)14-6-4-13(5-7-14)17(18,19)20/h4-7,12H,8-11H2,1-3H3,(H,21,23). The van der Waals surface area contributed by atoms with Crippen molar-refractivity contribution in [2.45, 2.75) is 38.9 Å². The van der Waals surface area contributed by atoms with Crippen LogP contribution in [0.2, 0.25) is 0 Å². The molecule has 1 aliphatic rings. The van der Waals surface area contributed by atoms with Crippen LogP contribution in [-0.4, -0.2) is 31.3 Å². The molecule has 1 amide bonds. The molecule has 1 aromatic carbocycles. The van der Waals surface area contributed by atoms with E-state index in [2.05, 4.69) is 5.32 Å². The molecule has 2 rings (SSSR count). The number of carbonyl (C=O) groups is 1. The van der Waals surface area contributed by atoms with Gasteiger partial charge in [0.2, 0.25) is 0 Å². The minimum atomic E-state index is -4.32. The van der Waals surface area contributed by atoms with Crippen molar-refractivity contribution < 1.29 is 22.7 Å². The van der Waals surface area contributed by atoms with Gasteiger partial charge in [-0.05, 0) is 51.5 Å². The molecule has 0 aliphatic carbocycles. The first-order chi connectivity index (χ1) is 11.0. The van der Waals surface area contributed by atoms with E-state index in [1.54, 1.807) is 0 Å². The van der Waals surface area contributed by atoms with Crippen molar-refractivity contribution in [3.63, 3.8) is 0 Å². The van der Waals surface area contributed by atoms with Gasteiger partial charge in [-0.15, -0.1) is 0 Å². The fraction of sp³-hybridized carbons (Fsp3) is 0.588. The van der Waals surface area contributed by atoms with Gasteiger partial charge in [0, 0.05) is 30.2 Å². The number of nitrogens with one attached hydrogen (secondary N) is 1. The number of alkyl halides is 3. The van der Waals surface area contributed by atoms with Crippen molar-refractivity contribution in [3.8, 4) is 0 Å². The van der Waals surface area contributed by atoms with E-state index in [1.807, 2.05) is 25.7 Å². The van der Waals surface area contributed by atoms with Crippen LogP contribution in [0.5, 0.6) is 0 Å². The van der Waals surface area contributed by atoms with Crippen LogP contribution in [-0.2, 0) is 10.9 Å². The summed E-state index contributed by atoms with van der Waals surface area (Å²) >= 11 is 0. The summed E-state index contributed by atoms with van der Waals surface area (Å²) in [5.41, 5.74) is -0.243. The predicted octanol–water partition coefficient (Wildman–Crippen LogP) is 4.06. The Balaban J connectivity index is 1.84. The van der Waals surface area contributed by atoms with Crippen molar-refractivity contribution in [1.29, 1.82) is 0 Å². The molecular formula is C17H23F3N2O2. The fourth-order valence-electron chi connectivity index (χ4n) is 2.60. The summed E-state index contributed by atoms with van der Waals surface area (Å²) in [6.45, 7) is 7.32. The summed E-state index contributed by atoms with van der Waals surface area (Å²) in [7, 11) is 0. The van der Waals surface area contributed by atoms with Crippen LogP contribution in [0.4, 0.5) is 23.7 Å². The van der Waals surface area contributed by atoms with Gasteiger partial charge in [0.25, 0.3) is 0 Å². The van der Waals surface area contributed by atoms with Crippen LogP contribution in [0.15, 0.2) is 24.3 Å². The topological polar surface area (TPSA) is 41.6 Å². The third kappa shape index (κ3) is 5.32. The van der Waals surface area contributed by atoms with Crippen molar-refractivity contribution in [2.75, 3.05) is 24.6 Å². The molecule has 0 saturated carbocycles. The average molecular weight is 344 g/mol. The van der Waals surface area contributed by atoms with E-state index in [4.69, 9.17) is 4.74 Å². The first kappa shape index (κ1) is 18.4. The van der Waals surface area contributed by atoms with Crippen LogP contribution in [0.25, 0.3) is 0 Å². The van der Waals surface area contributed by atoms with Crippen molar-refractivity contribution in [2.24, 2.45) is 5.92 Å². The number of anilines is 1. The molecule has 1 N–H and O–H groups in total. The lowest BCUT2D eigenvalue weighted by Crippen LogP contribution is -2.41. The van der Waals surface area contributed by atoms with Gasteiger partial charge in [0.1, 0.15) is 0 Å². The number of rotatable bonds is 3. The van der Waals surface area contributed by atoms with Gasteiger partial charge in [-0.1, -0.05) is 0 Å². The third-order valence-corrected chi connectivity index (χ3v) is 3.77. The highest BCUT2D eigenvalue weighted by Crippen LogP contribution is 2.31. The highest BCUT2D eigenvalue weighted by Gasteiger charge is 2.31. The summed E-state index contributed by atoms with van der Waals surface area (Å²) in [4.78, 5) is 13.7. The molecule has 0 radical (unpaired) electrons. The van der Waals surface area contributed by atoms with E-state index in [9.17, 15) is 18.0 Å². The lowest BCUT2D eigenvalue weighted by atomic mass is 10.1. The molecular weight excluding hydrogens is 321 g/mol. The maximum Gasteiger partial charge on any atom is 0.416 e. The number of benzene rings is 1. The van der Waals surface area contributed by atoms with Gasteiger partial charge in [-0.3, -0.25) is 0 Å². The molecule has 0 spiro atoms. The summed E-state index contributed by atoms with van der Waals surface area (Å²) in [5.74, 6) is 0.179. The zero-order chi connectivity index (χ0) is 18.0. The van der Waals surface area contributed by atoms with Crippen molar-refractivity contribution in [1.82, 2.24) is 5.32 Å². The minimum absolute atomic E-state index is 0.179. The summed E-state index contributed by atoms with van der Waals surface area (Å²) in [6.07, 6.45) is -3.93. The highest BCUT2D eigenvalue weighted by molar-refractivity contribution is 5.68. The lowest BCUT2D eigenvalue weighted by molar-refractivity contribution is -0.137. The molecule has 1 atom stereocenters. The van der Waals surface area contributed by atoms with Crippen LogP contribution >= 0.6 is 0 Å². The van der Waals surface area contributed by atoms with Gasteiger partial charge >= 0.3 is 12.3 Å². The zero-order valence-corrected chi connectivity index (χ0v) is 14.1. The Morgan fingerprint density at radius 1 is 1.25 bits per heavy atom. The second kappa shape index (κ2) is 6.91. The van der Waals surface area contributed by atoms with Crippen LogP contribution in [0.3, 0.4) is 0 Å². The molecule has 1 unspecified atom stereocenters. The fourth-order valence-corrected chi connectivity index (χ4v) is 2.60. The van der Waals surface area contributed by atoms with E-state index in [1.165, 1.54) is 12.1 Å². The Bertz CT molecular complexity index is 565. The average Bonchev–Trinajstić information content (AvgIpc) is 2.91. The molecule has 0 bridgehead atoms. The van der Waals surface area contributed by atoms with Crippen LogP contribution in [0.1, 0.15) is 32.8 Å². The second-order valence-electron chi connectivity index (χ2n) is 7.12. The second-order valence-corrected chi connectivity index (χ2v) is 7.12. The Hall–Kier alpha value is -1.92. The van der Waals surface area contributed by atoms with Crippen LogP contribution in [0, 0.1) is 5.92 Å². The molecule has 7 heteroatoms. The van der Waals surface area contributed by atoms with Gasteiger partial charge in [0.15, 0.2) is 0 Å². The van der Waals surface area contributed by atoms with E-state index in [0.717, 1.165) is 30.8 Å². The summed E-state index contributed by atoms with van der Waals surface area (Å²) in [6, 6.07) is 5.16. The van der Waals surface area contributed by atoms with E-state index in [0.29, 0.717) is 13.2 Å². The summed E-state index contributed by atoms with van der Waals surface area (Å²) in [5, 5.41) is 2.73. The Labute approximate surface area is 140 Å². The van der Waals surface area contributed by atoms with Gasteiger partial charge < -0.3 is 15.0 Å². The number of hydrogen-bond donors (Lipinski definition) is 1. The maximum atomic E-state index is 12.6. The maximum absolute atomic E-state index is 12.6. The van der Waals surface area contributed by atoms with E-state index in [-0.39, 0.29) is 11.5 Å². The smallest absolute Gasteiger partial charge is 0.416 e. The number of hydrogen-bond acceptors (Lipinski definition) is 3. The normalized spacial score (nSPS) is 18.6. The van der Waals surface area contributed by atoms with Crippen LogP contribution < -0.4 is 10.2 Å². The molecule has 1 aromatic rings. The van der Waals surface area contributed by atoms with E-state index < -0.39 is 17.8 Å². The molecule has 1 saturated heterocycles. The SMILES string of the molecule is CC(C)(C)NC(=O)OCC1CCN(c2ccc(C(F)(F)F)cc2)C1. The molecule has 1 heterocycles. The number of carbonyl (C=O) groups excluding carboxylic acids is 1. The predicted molar refractivity (Wildman–Crippen MR) is 86.0 cm³/mol. The van der Waals surface area contributed by atoms with Crippen molar-refractivity contribution in [3.05, 3.63) is 29.8 Å². The molecule has 0 aromatic heterocycles. The van der Waals surface area contributed by atoms with Crippen molar-refractivity contribution >= 4 is 11.8 Å². The molecule has 134 valence electrons. The Kier molecular flexibility index (Phi) is 5.30. The molecule has 1 fully saturated rings. The number of nitrogens with zero attached hydrogens (tertiary/aromatic N) is 1. The van der Waals surface area contributed by atoms with E-state index >= 15 is 0 Å². The minimum Gasteiger partial charge on any atom is -0.449 e. The largest absolute Gasteiger partial charge is 0.449 e. The quantitative estimate of drug-likeness (QED) is 0.899. The highest BCUT2D eigenvalue weighted by atomic mass is 19.4.